The molecule has 0 aromatic heterocycles. The Morgan fingerprint density at radius 3 is 2.09 bits per heavy atom. The van der Waals surface area contributed by atoms with E-state index in [1.165, 1.54) is 17.8 Å². The summed E-state index contributed by atoms with van der Waals surface area (Å²) in [6.07, 6.45) is -0.410. The fraction of sp³-hybridized carbons (Fsp3) is 0.667. The minimum absolute atomic E-state index is 0.00127. The number of nitrogens with zero attached hydrogens (tertiary/aromatic N) is 2. The van der Waals surface area contributed by atoms with Crippen molar-refractivity contribution < 1.29 is 35.9 Å². The zero-order valence-corrected chi connectivity index (χ0v) is 26.8. The van der Waals surface area contributed by atoms with Crippen LogP contribution < -0.4 is 10.6 Å². The summed E-state index contributed by atoms with van der Waals surface area (Å²) in [5, 5.41) is 5.59. The monoisotopic (exact) mass is 664 g/mol. The zero-order valence-electron chi connectivity index (χ0n) is 25.1. The maximum atomic E-state index is 14.1. The molecule has 5 rings (SSSR count). The molecule has 2 N–H and O–H groups in total. The van der Waals surface area contributed by atoms with E-state index in [4.69, 9.17) is 0 Å². The normalized spacial score (nSPS) is 31.2. The van der Waals surface area contributed by atoms with Crippen LogP contribution in [0, 0.1) is 11.7 Å². The smallest absolute Gasteiger partial charge is 0.304 e. The predicted molar refractivity (Wildman–Crippen MR) is 163 cm³/mol. The van der Waals surface area contributed by atoms with E-state index in [0.29, 0.717) is 61.0 Å². The molecule has 2 aliphatic heterocycles. The van der Waals surface area contributed by atoms with Crippen molar-refractivity contribution in [3.63, 3.8) is 0 Å². The van der Waals surface area contributed by atoms with Crippen LogP contribution in [-0.4, -0.2) is 49.8 Å². The molecule has 6 nitrogen and oxygen atoms in total. The number of amides is 2. The van der Waals surface area contributed by atoms with Crippen molar-refractivity contribution in [2.24, 2.45) is 15.9 Å². The van der Waals surface area contributed by atoms with Gasteiger partial charge in [0.15, 0.2) is 15.1 Å². The number of alkyl halides is 5. The average Bonchev–Trinajstić information content (AvgIpc) is 3.37. The molecule has 4 aliphatic rings. The highest BCUT2D eigenvalue weighted by Crippen LogP contribution is 2.46. The lowest BCUT2D eigenvalue weighted by Gasteiger charge is -2.23. The van der Waals surface area contributed by atoms with Gasteiger partial charge in [-0.05, 0) is 76.3 Å². The minimum Gasteiger partial charge on any atom is -0.304 e. The zero-order chi connectivity index (χ0) is 32.5. The molecule has 0 bridgehead atoms. The van der Waals surface area contributed by atoms with Gasteiger partial charge in [-0.25, -0.2) is 13.2 Å². The number of hydrogen-bond acceptors (Lipinski definition) is 6. The lowest BCUT2D eigenvalue weighted by atomic mass is 9.88. The number of halogens is 6. The molecule has 3 atom stereocenters. The quantitative estimate of drug-likeness (QED) is 0.324. The second kappa shape index (κ2) is 13.3. The maximum Gasteiger partial charge on any atom is 0.412 e. The van der Waals surface area contributed by atoms with Crippen molar-refractivity contribution >= 4 is 45.7 Å². The number of fused-ring (bicyclic) bond motifs is 1. The first kappa shape index (κ1) is 34.6. The number of nitrogens with one attached hydrogen (secondary N) is 2. The average molecular weight is 665 g/mol. The van der Waals surface area contributed by atoms with Crippen LogP contribution in [0.3, 0.4) is 0 Å². The molecule has 0 radical (unpaired) electrons. The van der Waals surface area contributed by atoms with E-state index < -0.39 is 39.4 Å². The highest BCUT2D eigenvalue weighted by Gasteiger charge is 2.62. The van der Waals surface area contributed by atoms with Crippen LogP contribution >= 0.6 is 23.5 Å². The van der Waals surface area contributed by atoms with Crippen LogP contribution in [0.15, 0.2) is 28.2 Å². The van der Waals surface area contributed by atoms with Gasteiger partial charge in [-0.3, -0.25) is 19.6 Å². The molecular formula is C30H38F6N4O2S2. The summed E-state index contributed by atoms with van der Waals surface area (Å²) < 4.78 is 76.8. The topological polar surface area (TPSA) is 82.9 Å². The molecule has 3 fully saturated rings. The van der Waals surface area contributed by atoms with Crippen molar-refractivity contribution in [3.8, 4) is 0 Å². The van der Waals surface area contributed by atoms with E-state index in [9.17, 15) is 35.9 Å². The molecule has 2 unspecified atom stereocenters. The number of carbonyl (C=O) groups is 2. The molecule has 1 aromatic carbocycles. The second-order valence-corrected chi connectivity index (χ2v) is 15.1. The third-order valence-corrected chi connectivity index (χ3v) is 11.4. The molecule has 44 heavy (non-hydrogen) atoms. The van der Waals surface area contributed by atoms with Gasteiger partial charge in [0.05, 0.1) is 12.1 Å². The maximum absolute atomic E-state index is 14.1. The first-order valence-corrected chi connectivity index (χ1v) is 16.5. The predicted octanol–water partition coefficient (Wildman–Crippen LogP) is 7.72. The van der Waals surface area contributed by atoms with Gasteiger partial charge in [-0.15, -0.1) is 0 Å². The number of aliphatic imine (C=N–C) groups is 2. The Kier molecular flexibility index (Phi) is 10.4. The van der Waals surface area contributed by atoms with Crippen molar-refractivity contribution in [3.05, 3.63) is 35.1 Å². The third kappa shape index (κ3) is 7.59. The van der Waals surface area contributed by atoms with Gasteiger partial charge in [0.2, 0.25) is 11.8 Å². The summed E-state index contributed by atoms with van der Waals surface area (Å²) in [5.41, 5.74) is 1.24. The molecule has 0 spiro atoms. The van der Waals surface area contributed by atoms with E-state index in [0.717, 1.165) is 18.9 Å². The van der Waals surface area contributed by atoms with Crippen LogP contribution in [0.1, 0.15) is 96.2 Å². The molecule has 2 aliphatic carbocycles. The van der Waals surface area contributed by atoms with E-state index in [2.05, 4.69) is 20.6 Å². The molecule has 14 heteroatoms. The van der Waals surface area contributed by atoms with Crippen molar-refractivity contribution in [2.75, 3.05) is 0 Å². The van der Waals surface area contributed by atoms with Crippen molar-refractivity contribution in [1.82, 2.24) is 10.6 Å². The third-order valence-electron chi connectivity index (χ3n) is 8.71. The second-order valence-electron chi connectivity index (χ2n) is 12.3. The fourth-order valence-corrected chi connectivity index (χ4v) is 7.59. The largest absolute Gasteiger partial charge is 0.412 e. The number of rotatable bonds is 3. The molecule has 2 amide bonds. The van der Waals surface area contributed by atoms with E-state index in [-0.39, 0.29) is 35.9 Å². The van der Waals surface area contributed by atoms with Crippen LogP contribution in [0.5, 0.6) is 0 Å². The van der Waals surface area contributed by atoms with Gasteiger partial charge >= 0.3 is 6.18 Å². The van der Waals surface area contributed by atoms with Crippen molar-refractivity contribution in [2.45, 2.75) is 119 Å². The van der Waals surface area contributed by atoms with Gasteiger partial charge in [0, 0.05) is 18.4 Å². The number of thioether (sulfide) groups is 2. The summed E-state index contributed by atoms with van der Waals surface area (Å²) in [6.45, 7) is 6.80. The van der Waals surface area contributed by atoms with Crippen LogP contribution in [0.25, 0.3) is 0 Å². The first-order chi connectivity index (χ1) is 20.4. The summed E-state index contributed by atoms with van der Waals surface area (Å²) in [7, 11) is 0. The molecule has 1 aromatic rings. The van der Waals surface area contributed by atoms with E-state index >= 15 is 0 Å². The number of benzene rings is 1. The standard InChI is InChI=1S/C15H14F4N2OS.C15H24F2N2OS/c1-14(15(17,18)19)12(22)21-13(23-14)20-10-7-3-5-8-4-2-6-9(16)11(8)10;1-10(2)14(3)12(20)19-13(21-14)18-11-6-4-8-15(16,17)9-5-7-11/h2,4,6,10H,3,5,7H2,1H3,(H,20,21,22);10-11H,4-9H2,1-3H3,(H,18,19,20)/t10-,14?;/m0./s1. The SMILES string of the molecule is CC(C)C1(C)SC(=NC2CCCC(F)(F)CCC2)NC1=O.CC1(C(F)(F)F)SC(=N[C@H]2CCCc3cccc(F)c32)NC1=O. The molecule has 244 valence electrons. The molecule has 2 heterocycles. The van der Waals surface area contributed by atoms with Gasteiger partial charge in [-0.2, -0.15) is 13.2 Å². The van der Waals surface area contributed by atoms with Crippen molar-refractivity contribution in [1.29, 1.82) is 0 Å². The Morgan fingerprint density at radius 1 is 0.909 bits per heavy atom. The van der Waals surface area contributed by atoms with Gasteiger partial charge < -0.3 is 10.6 Å². The highest BCUT2D eigenvalue weighted by atomic mass is 32.2. The summed E-state index contributed by atoms with van der Waals surface area (Å²) in [5.74, 6) is -3.85. The van der Waals surface area contributed by atoms with E-state index in [1.807, 2.05) is 20.8 Å². The fourth-order valence-electron chi connectivity index (χ4n) is 5.49. The Morgan fingerprint density at radius 2 is 1.52 bits per heavy atom. The number of carbonyl (C=O) groups excluding carboxylic acids is 2. The number of aryl methyl sites for hydroxylation is 1. The van der Waals surface area contributed by atoms with Crippen LogP contribution in [0.2, 0.25) is 0 Å². The highest BCUT2D eigenvalue weighted by molar-refractivity contribution is 8.16. The van der Waals surface area contributed by atoms with E-state index in [1.54, 1.807) is 12.1 Å². The van der Waals surface area contributed by atoms with Gasteiger partial charge in [-0.1, -0.05) is 49.5 Å². The molecule has 1 saturated carbocycles. The summed E-state index contributed by atoms with van der Waals surface area (Å²) in [4.78, 5) is 32.6. The summed E-state index contributed by atoms with van der Waals surface area (Å²) >= 11 is 1.82. The Hall–Kier alpha value is -2.22. The van der Waals surface area contributed by atoms with Crippen LogP contribution in [-0.2, 0) is 16.0 Å². The number of amidine groups is 2. The molecule has 2 saturated heterocycles. The lowest BCUT2D eigenvalue weighted by Crippen LogP contribution is -2.46. The molecular weight excluding hydrogens is 626 g/mol. The van der Waals surface area contributed by atoms with Gasteiger partial charge in [0.1, 0.15) is 10.6 Å². The van der Waals surface area contributed by atoms with Gasteiger partial charge in [0.25, 0.3) is 5.91 Å². The lowest BCUT2D eigenvalue weighted by molar-refractivity contribution is -0.166. The number of hydrogen-bond donors (Lipinski definition) is 2. The Bertz CT molecular complexity index is 1310. The Balaban J connectivity index is 0.000000202. The Labute approximate surface area is 262 Å². The first-order valence-electron chi connectivity index (χ1n) is 14.8. The van der Waals surface area contributed by atoms with Crippen LogP contribution in [0.4, 0.5) is 26.3 Å². The summed E-state index contributed by atoms with van der Waals surface area (Å²) in [6, 6.07) is 4.20. The minimum atomic E-state index is -4.69.